The summed E-state index contributed by atoms with van der Waals surface area (Å²) in [6, 6.07) is 9.05. The first kappa shape index (κ1) is 28.0. The molecule has 5 N–H and O–H groups in total. The average molecular weight is 570 g/mol. The lowest BCUT2D eigenvalue weighted by atomic mass is 9.78. The number of rotatable bonds is 7. The van der Waals surface area contributed by atoms with Gasteiger partial charge in [-0.05, 0) is 61.1 Å². The standard InChI is InChI=1S/C29H36ClN5O5/c1-33(32)23-10-8-17(15-22(23)31)16-40-24-11-9-21(30)20-12-14-35(27(26(20)24)34-13-4-7-25(34)36)28(37)18-5-2-3-6-19(18)29(38)39/h8-11,15,18-19,27H,2-7,12-14,16,31-32H2,1H3,(H,38,39)/t18-,19?,27?/m1/s1. The molecule has 1 aliphatic carbocycles. The van der Waals surface area contributed by atoms with Crippen molar-refractivity contribution < 1.29 is 24.2 Å². The summed E-state index contributed by atoms with van der Waals surface area (Å²) >= 11 is 6.68. The van der Waals surface area contributed by atoms with Gasteiger partial charge in [0.2, 0.25) is 11.8 Å². The van der Waals surface area contributed by atoms with Crippen LogP contribution in [0.2, 0.25) is 5.02 Å². The summed E-state index contributed by atoms with van der Waals surface area (Å²) in [4.78, 5) is 42.6. The first-order valence-corrected chi connectivity index (χ1v) is 14.2. The van der Waals surface area contributed by atoms with E-state index in [4.69, 9.17) is 27.9 Å². The number of ether oxygens (including phenoxy) is 1. The largest absolute Gasteiger partial charge is 0.488 e. The van der Waals surface area contributed by atoms with Gasteiger partial charge in [-0.15, -0.1) is 0 Å². The summed E-state index contributed by atoms with van der Waals surface area (Å²) in [5.41, 5.74) is 9.74. The number of nitrogens with zero attached hydrogens (tertiary/aromatic N) is 3. The zero-order valence-electron chi connectivity index (χ0n) is 22.6. The Morgan fingerprint density at radius 1 is 1.10 bits per heavy atom. The number of carbonyl (C=O) groups excluding carboxylic acids is 2. The van der Waals surface area contributed by atoms with E-state index in [0.717, 1.165) is 24.0 Å². The summed E-state index contributed by atoms with van der Waals surface area (Å²) in [6.07, 6.45) is 3.44. The van der Waals surface area contributed by atoms with E-state index in [1.54, 1.807) is 35.0 Å². The van der Waals surface area contributed by atoms with Crippen molar-refractivity contribution in [3.8, 4) is 5.75 Å². The van der Waals surface area contributed by atoms with E-state index in [-0.39, 0.29) is 18.4 Å². The van der Waals surface area contributed by atoms with Crippen LogP contribution >= 0.6 is 11.6 Å². The van der Waals surface area contributed by atoms with Crippen LogP contribution in [0.5, 0.6) is 5.75 Å². The molecule has 0 bridgehead atoms. The number of benzene rings is 2. The van der Waals surface area contributed by atoms with Crippen LogP contribution in [0.1, 0.15) is 61.4 Å². The highest BCUT2D eigenvalue weighted by Crippen LogP contribution is 2.45. The molecule has 5 rings (SSSR count). The zero-order valence-corrected chi connectivity index (χ0v) is 23.4. The molecule has 0 radical (unpaired) electrons. The number of amides is 2. The van der Waals surface area contributed by atoms with E-state index in [0.29, 0.717) is 72.9 Å². The number of likely N-dealkylation sites (tertiary alicyclic amines) is 1. The Labute approximate surface area is 238 Å². The third-order valence-corrected chi connectivity index (χ3v) is 8.73. The lowest BCUT2D eigenvalue weighted by Crippen LogP contribution is -2.52. The van der Waals surface area contributed by atoms with Crippen molar-refractivity contribution >= 4 is 40.8 Å². The SMILES string of the molecule is CN(N)c1ccc(COc2ccc(Cl)c3c2C(N2CCCC2=O)N(C(=O)[C@@H]2CCCCC2C(=O)O)CC3)cc1N. The van der Waals surface area contributed by atoms with Crippen molar-refractivity contribution in [1.29, 1.82) is 0 Å². The van der Waals surface area contributed by atoms with Gasteiger partial charge in [0.1, 0.15) is 18.5 Å². The molecule has 1 saturated heterocycles. The zero-order chi connectivity index (χ0) is 28.6. The Morgan fingerprint density at radius 3 is 2.50 bits per heavy atom. The van der Waals surface area contributed by atoms with Gasteiger partial charge in [0.25, 0.3) is 0 Å². The molecule has 2 aliphatic heterocycles. The number of hydrazine groups is 1. The first-order chi connectivity index (χ1) is 19.2. The summed E-state index contributed by atoms with van der Waals surface area (Å²) in [7, 11) is 1.71. The summed E-state index contributed by atoms with van der Waals surface area (Å²) < 4.78 is 6.33. The van der Waals surface area contributed by atoms with Crippen LogP contribution in [0.15, 0.2) is 30.3 Å². The van der Waals surface area contributed by atoms with Gasteiger partial charge >= 0.3 is 5.97 Å². The molecule has 2 unspecified atom stereocenters. The van der Waals surface area contributed by atoms with Gasteiger partial charge in [-0.3, -0.25) is 14.4 Å². The highest BCUT2D eigenvalue weighted by Gasteiger charge is 2.46. The normalized spacial score (nSPS) is 22.7. The maximum atomic E-state index is 14.1. The summed E-state index contributed by atoms with van der Waals surface area (Å²) in [5, 5.41) is 11.9. The van der Waals surface area contributed by atoms with Crippen LogP contribution in [0, 0.1) is 11.8 Å². The highest BCUT2D eigenvalue weighted by atomic mass is 35.5. The topological polar surface area (TPSA) is 142 Å². The smallest absolute Gasteiger partial charge is 0.307 e. The van der Waals surface area contributed by atoms with Crippen molar-refractivity contribution in [2.24, 2.45) is 17.7 Å². The van der Waals surface area contributed by atoms with E-state index in [9.17, 15) is 19.5 Å². The van der Waals surface area contributed by atoms with Gasteiger partial charge in [-0.2, -0.15) is 0 Å². The molecule has 2 aromatic rings. The van der Waals surface area contributed by atoms with Crippen LogP contribution in [0.25, 0.3) is 0 Å². The number of halogens is 1. The van der Waals surface area contributed by atoms with Crippen LogP contribution in [-0.4, -0.2) is 52.8 Å². The van der Waals surface area contributed by atoms with Crippen molar-refractivity contribution in [3.63, 3.8) is 0 Å². The Balaban J connectivity index is 1.51. The third kappa shape index (κ3) is 5.30. The molecule has 0 spiro atoms. The number of hydrogen-bond donors (Lipinski definition) is 3. The molecule has 3 aliphatic rings. The molecule has 10 nitrogen and oxygen atoms in total. The molecular formula is C29H36ClN5O5. The van der Waals surface area contributed by atoms with Crippen molar-refractivity contribution in [2.75, 3.05) is 30.9 Å². The van der Waals surface area contributed by atoms with Gasteiger partial charge in [0, 0.05) is 37.1 Å². The predicted octanol–water partition coefficient (Wildman–Crippen LogP) is 3.71. The molecule has 214 valence electrons. The second-order valence-corrected chi connectivity index (χ2v) is 11.3. The van der Waals surface area contributed by atoms with Crippen LogP contribution < -0.4 is 21.3 Å². The second-order valence-electron chi connectivity index (χ2n) is 10.9. The first-order valence-electron chi connectivity index (χ1n) is 13.8. The monoisotopic (exact) mass is 569 g/mol. The van der Waals surface area contributed by atoms with Gasteiger partial charge in [0.05, 0.1) is 23.2 Å². The van der Waals surface area contributed by atoms with E-state index in [1.165, 1.54) is 5.01 Å². The fraction of sp³-hybridized carbons (Fsp3) is 0.483. The molecule has 2 aromatic carbocycles. The number of nitrogen functional groups attached to an aromatic ring is 1. The number of carboxylic acids is 1. The lowest BCUT2D eigenvalue weighted by molar-refractivity contribution is -0.157. The van der Waals surface area contributed by atoms with Crippen molar-refractivity contribution in [2.45, 2.75) is 57.7 Å². The van der Waals surface area contributed by atoms with Crippen molar-refractivity contribution in [1.82, 2.24) is 9.80 Å². The number of carbonyl (C=O) groups is 3. The molecule has 2 fully saturated rings. The summed E-state index contributed by atoms with van der Waals surface area (Å²) in [5.74, 6) is 3.80. The minimum atomic E-state index is -0.942. The predicted molar refractivity (Wildman–Crippen MR) is 151 cm³/mol. The van der Waals surface area contributed by atoms with E-state index < -0.39 is 24.0 Å². The van der Waals surface area contributed by atoms with Gasteiger partial charge in [0.15, 0.2) is 0 Å². The molecule has 40 heavy (non-hydrogen) atoms. The molecule has 2 heterocycles. The Kier molecular flexibility index (Phi) is 8.09. The lowest BCUT2D eigenvalue weighted by Gasteiger charge is -2.45. The fourth-order valence-electron chi connectivity index (χ4n) is 6.38. The van der Waals surface area contributed by atoms with E-state index >= 15 is 0 Å². The van der Waals surface area contributed by atoms with Crippen LogP contribution in [0.4, 0.5) is 11.4 Å². The van der Waals surface area contributed by atoms with E-state index in [1.807, 2.05) is 12.1 Å². The fourth-order valence-corrected chi connectivity index (χ4v) is 6.64. The Hall–Kier alpha value is -3.50. The van der Waals surface area contributed by atoms with Gasteiger partial charge < -0.3 is 30.4 Å². The minimum Gasteiger partial charge on any atom is -0.488 e. The van der Waals surface area contributed by atoms with Crippen LogP contribution in [-0.2, 0) is 27.4 Å². The van der Waals surface area contributed by atoms with Crippen molar-refractivity contribution in [3.05, 3.63) is 52.0 Å². The summed E-state index contributed by atoms with van der Waals surface area (Å²) in [6.45, 7) is 1.04. The molecule has 0 aromatic heterocycles. The number of hydrogen-bond acceptors (Lipinski definition) is 7. The van der Waals surface area contributed by atoms with Gasteiger partial charge in [-0.1, -0.05) is 30.5 Å². The number of carboxylic acid groups (broad SMARTS) is 1. The molecular weight excluding hydrogens is 534 g/mol. The average Bonchev–Trinajstić information content (AvgIpc) is 3.36. The molecule has 2 amide bonds. The number of aliphatic carboxylic acids is 1. The molecule has 1 saturated carbocycles. The Bertz CT molecular complexity index is 1320. The number of anilines is 2. The minimum absolute atomic E-state index is 0.0470. The molecule has 11 heteroatoms. The second kappa shape index (κ2) is 11.5. The molecule has 3 atom stereocenters. The van der Waals surface area contributed by atoms with Crippen LogP contribution in [0.3, 0.4) is 0 Å². The van der Waals surface area contributed by atoms with Gasteiger partial charge in [-0.25, -0.2) is 5.84 Å². The maximum Gasteiger partial charge on any atom is 0.307 e. The quantitative estimate of drug-likeness (QED) is 0.260. The number of nitrogens with two attached hydrogens (primary N) is 2. The maximum absolute atomic E-state index is 14.1. The highest BCUT2D eigenvalue weighted by molar-refractivity contribution is 6.31. The van der Waals surface area contributed by atoms with E-state index in [2.05, 4.69) is 0 Å². The third-order valence-electron chi connectivity index (χ3n) is 8.37. The number of fused-ring (bicyclic) bond motifs is 1. The Morgan fingerprint density at radius 2 is 1.85 bits per heavy atom.